The zero-order valence-electron chi connectivity index (χ0n) is 12.0. The first-order chi connectivity index (χ1) is 8.86. The lowest BCUT2D eigenvalue weighted by molar-refractivity contribution is -0.141. The first-order valence-electron chi connectivity index (χ1n) is 6.80. The van der Waals surface area contributed by atoms with Gasteiger partial charge in [-0.15, -0.1) is 11.8 Å². The molecule has 1 aliphatic heterocycles. The van der Waals surface area contributed by atoms with Gasteiger partial charge in [0.05, 0.1) is 5.37 Å². The van der Waals surface area contributed by atoms with E-state index in [0.29, 0.717) is 11.7 Å². The molecule has 2 amide bonds. The van der Waals surface area contributed by atoms with Crippen LogP contribution in [0.2, 0.25) is 0 Å². The van der Waals surface area contributed by atoms with Gasteiger partial charge in [-0.25, -0.2) is 9.59 Å². The Morgan fingerprint density at radius 1 is 1.47 bits per heavy atom. The monoisotopic (exact) mass is 288 g/mol. The number of carbonyl (C=O) groups excluding carboxylic acids is 1. The standard InChI is InChI=1S/C13H24N2O3S/c1-5-8(2)6-9(3)14-13(18)15-10(4)19-7-11(15)12(16)17/h8-11H,5-7H2,1-4H3,(H,14,18)(H,16,17). The zero-order valence-corrected chi connectivity index (χ0v) is 12.9. The molecular formula is C13H24N2O3S. The fourth-order valence-electron chi connectivity index (χ4n) is 2.26. The van der Waals surface area contributed by atoms with E-state index in [0.717, 1.165) is 12.8 Å². The Morgan fingerprint density at radius 2 is 2.11 bits per heavy atom. The predicted molar refractivity (Wildman–Crippen MR) is 77.2 cm³/mol. The third-order valence-electron chi connectivity index (χ3n) is 3.57. The van der Waals surface area contributed by atoms with Crippen LogP contribution in [0.4, 0.5) is 4.79 Å². The summed E-state index contributed by atoms with van der Waals surface area (Å²) in [7, 11) is 0. The lowest BCUT2D eigenvalue weighted by atomic mass is 10.0. The van der Waals surface area contributed by atoms with Gasteiger partial charge in [-0.1, -0.05) is 20.3 Å². The molecule has 6 heteroatoms. The maximum absolute atomic E-state index is 12.2. The number of amides is 2. The second-order valence-electron chi connectivity index (χ2n) is 5.29. The molecule has 0 aromatic carbocycles. The molecule has 4 unspecified atom stereocenters. The predicted octanol–water partition coefficient (Wildman–Crippen LogP) is 2.37. The lowest BCUT2D eigenvalue weighted by Gasteiger charge is -2.27. The van der Waals surface area contributed by atoms with Gasteiger partial charge in [0.15, 0.2) is 0 Å². The number of thioether (sulfide) groups is 1. The van der Waals surface area contributed by atoms with E-state index in [1.165, 1.54) is 16.7 Å². The number of nitrogens with one attached hydrogen (secondary N) is 1. The maximum atomic E-state index is 12.2. The van der Waals surface area contributed by atoms with Crippen molar-refractivity contribution in [1.82, 2.24) is 10.2 Å². The second kappa shape index (κ2) is 7.03. The molecule has 0 aliphatic carbocycles. The van der Waals surface area contributed by atoms with Gasteiger partial charge in [0.2, 0.25) is 0 Å². The number of carboxylic acid groups (broad SMARTS) is 1. The fourth-order valence-corrected chi connectivity index (χ4v) is 3.42. The molecule has 0 spiro atoms. The SMILES string of the molecule is CCC(C)CC(C)NC(=O)N1C(C)SCC1C(=O)O. The molecule has 1 heterocycles. The van der Waals surface area contributed by atoms with E-state index in [1.54, 1.807) is 0 Å². The largest absolute Gasteiger partial charge is 0.480 e. The summed E-state index contributed by atoms with van der Waals surface area (Å²) < 4.78 is 0. The Hall–Kier alpha value is -0.910. The van der Waals surface area contributed by atoms with Crippen LogP contribution in [0.1, 0.15) is 40.5 Å². The van der Waals surface area contributed by atoms with Gasteiger partial charge in [0.1, 0.15) is 6.04 Å². The van der Waals surface area contributed by atoms with Crippen LogP contribution in [0.15, 0.2) is 0 Å². The highest BCUT2D eigenvalue weighted by molar-refractivity contribution is 8.00. The summed E-state index contributed by atoms with van der Waals surface area (Å²) in [4.78, 5) is 24.8. The number of hydrogen-bond donors (Lipinski definition) is 2. The van der Waals surface area contributed by atoms with Gasteiger partial charge in [-0.05, 0) is 26.2 Å². The summed E-state index contributed by atoms with van der Waals surface area (Å²) in [6.45, 7) is 8.11. The van der Waals surface area contributed by atoms with Crippen molar-refractivity contribution in [3.05, 3.63) is 0 Å². The molecule has 110 valence electrons. The highest BCUT2D eigenvalue weighted by Crippen LogP contribution is 2.28. The van der Waals surface area contributed by atoms with Crippen molar-refractivity contribution in [1.29, 1.82) is 0 Å². The van der Waals surface area contributed by atoms with Crippen molar-refractivity contribution in [2.24, 2.45) is 5.92 Å². The van der Waals surface area contributed by atoms with E-state index in [-0.39, 0.29) is 17.4 Å². The molecule has 1 aliphatic rings. The van der Waals surface area contributed by atoms with Crippen LogP contribution in [-0.4, -0.2) is 45.2 Å². The van der Waals surface area contributed by atoms with Crippen LogP contribution < -0.4 is 5.32 Å². The highest BCUT2D eigenvalue weighted by Gasteiger charge is 2.39. The summed E-state index contributed by atoms with van der Waals surface area (Å²) >= 11 is 1.50. The van der Waals surface area contributed by atoms with Crippen LogP contribution in [-0.2, 0) is 4.79 Å². The molecule has 1 fully saturated rings. The molecule has 0 aromatic rings. The maximum Gasteiger partial charge on any atom is 0.327 e. The number of urea groups is 1. The van der Waals surface area contributed by atoms with Crippen LogP contribution >= 0.6 is 11.8 Å². The van der Waals surface area contributed by atoms with Gasteiger partial charge in [-0.3, -0.25) is 4.90 Å². The van der Waals surface area contributed by atoms with E-state index in [2.05, 4.69) is 19.2 Å². The van der Waals surface area contributed by atoms with Crippen molar-refractivity contribution >= 4 is 23.8 Å². The van der Waals surface area contributed by atoms with Gasteiger partial charge in [0, 0.05) is 11.8 Å². The van der Waals surface area contributed by atoms with Gasteiger partial charge >= 0.3 is 12.0 Å². The summed E-state index contributed by atoms with van der Waals surface area (Å²) in [5, 5.41) is 12.0. The molecular weight excluding hydrogens is 264 g/mol. The van der Waals surface area contributed by atoms with E-state index in [9.17, 15) is 9.59 Å². The normalized spacial score (nSPS) is 26.0. The molecule has 1 rings (SSSR count). The topological polar surface area (TPSA) is 69.6 Å². The molecule has 0 saturated carbocycles. The van der Waals surface area contributed by atoms with Gasteiger partial charge < -0.3 is 10.4 Å². The van der Waals surface area contributed by atoms with Crippen LogP contribution in [0.25, 0.3) is 0 Å². The number of carboxylic acids is 1. The van der Waals surface area contributed by atoms with Gasteiger partial charge in [0.25, 0.3) is 0 Å². The minimum Gasteiger partial charge on any atom is -0.480 e. The molecule has 19 heavy (non-hydrogen) atoms. The summed E-state index contributed by atoms with van der Waals surface area (Å²) in [6, 6.07) is -0.911. The number of rotatable bonds is 5. The highest BCUT2D eigenvalue weighted by atomic mass is 32.2. The lowest BCUT2D eigenvalue weighted by Crippen LogP contribution is -2.51. The van der Waals surface area contributed by atoms with Gasteiger partial charge in [-0.2, -0.15) is 0 Å². The Labute approximate surface area is 119 Å². The van der Waals surface area contributed by atoms with E-state index < -0.39 is 12.0 Å². The van der Waals surface area contributed by atoms with E-state index in [1.807, 2.05) is 13.8 Å². The third kappa shape index (κ3) is 4.30. The first-order valence-corrected chi connectivity index (χ1v) is 7.84. The van der Waals surface area contributed by atoms with Crippen molar-refractivity contribution in [2.75, 3.05) is 5.75 Å². The minimum absolute atomic E-state index is 0.0645. The third-order valence-corrected chi connectivity index (χ3v) is 4.78. The molecule has 0 aromatic heterocycles. The summed E-state index contributed by atoms with van der Waals surface area (Å²) in [5.41, 5.74) is 0. The van der Waals surface area contributed by atoms with Crippen LogP contribution in [0, 0.1) is 5.92 Å². The number of nitrogens with zero attached hydrogens (tertiary/aromatic N) is 1. The van der Waals surface area contributed by atoms with Crippen molar-refractivity contribution in [3.8, 4) is 0 Å². The molecule has 1 saturated heterocycles. The average molecular weight is 288 g/mol. The fraction of sp³-hybridized carbons (Fsp3) is 0.846. The molecule has 2 N–H and O–H groups in total. The van der Waals surface area contributed by atoms with E-state index in [4.69, 9.17) is 5.11 Å². The molecule has 5 nitrogen and oxygen atoms in total. The second-order valence-corrected chi connectivity index (χ2v) is 6.64. The first kappa shape index (κ1) is 16.1. The Bertz CT molecular complexity index is 338. The van der Waals surface area contributed by atoms with Crippen molar-refractivity contribution in [3.63, 3.8) is 0 Å². The van der Waals surface area contributed by atoms with E-state index >= 15 is 0 Å². The Morgan fingerprint density at radius 3 is 2.63 bits per heavy atom. The Balaban J connectivity index is 2.58. The summed E-state index contributed by atoms with van der Waals surface area (Å²) in [5.74, 6) is 0.0847. The number of carbonyl (C=O) groups is 2. The average Bonchev–Trinajstić information content (AvgIpc) is 2.70. The molecule has 0 bridgehead atoms. The number of aliphatic carboxylic acids is 1. The smallest absolute Gasteiger partial charge is 0.327 e. The van der Waals surface area contributed by atoms with Crippen LogP contribution in [0.3, 0.4) is 0 Å². The molecule has 0 radical (unpaired) electrons. The zero-order chi connectivity index (χ0) is 14.6. The van der Waals surface area contributed by atoms with Crippen LogP contribution in [0.5, 0.6) is 0 Å². The molecule has 4 atom stereocenters. The quantitative estimate of drug-likeness (QED) is 0.815. The Kier molecular flexibility index (Phi) is 5.97. The van der Waals surface area contributed by atoms with Crippen molar-refractivity contribution in [2.45, 2.75) is 58.0 Å². The van der Waals surface area contributed by atoms with Crippen molar-refractivity contribution < 1.29 is 14.7 Å². The summed E-state index contributed by atoms with van der Waals surface area (Å²) in [6.07, 6.45) is 1.99. The number of hydrogen-bond acceptors (Lipinski definition) is 3. The minimum atomic E-state index is -0.929.